The number of halogens is 1. The fourth-order valence-electron chi connectivity index (χ4n) is 3.76. The summed E-state index contributed by atoms with van der Waals surface area (Å²) in [6.45, 7) is 2.73. The fraction of sp³-hybridized carbons (Fsp3) is 0.318. The lowest BCUT2D eigenvalue weighted by molar-refractivity contribution is 0.0502. The Morgan fingerprint density at radius 1 is 1.19 bits per heavy atom. The van der Waals surface area contributed by atoms with Gasteiger partial charge in [-0.2, -0.15) is 15.0 Å². The summed E-state index contributed by atoms with van der Waals surface area (Å²) >= 11 is 0. The number of carbonyl (C=O) groups is 2. The van der Waals surface area contributed by atoms with Crippen LogP contribution in [0, 0.1) is 11.7 Å². The molecule has 166 valence electrons. The zero-order chi connectivity index (χ0) is 22.7. The van der Waals surface area contributed by atoms with Crippen molar-refractivity contribution in [2.75, 3.05) is 13.2 Å². The summed E-state index contributed by atoms with van der Waals surface area (Å²) in [5.74, 6) is -1.48. The maximum absolute atomic E-state index is 13.5. The smallest absolute Gasteiger partial charge is 0.335 e. The number of carboxylic acids is 1. The van der Waals surface area contributed by atoms with Crippen molar-refractivity contribution in [3.05, 3.63) is 65.9 Å². The second-order valence-electron chi connectivity index (χ2n) is 7.73. The number of aromatic nitrogens is 4. The van der Waals surface area contributed by atoms with Crippen LogP contribution >= 0.6 is 0 Å². The quantitative estimate of drug-likeness (QED) is 0.629. The van der Waals surface area contributed by atoms with Crippen LogP contribution in [0.15, 0.2) is 48.9 Å². The second-order valence-corrected chi connectivity index (χ2v) is 7.73. The van der Waals surface area contributed by atoms with Crippen LogP contribution in [0.3, 0.4) is 0 Å². The van der Waals surface area contributed by atoms with Gasteiger partial charge in [0.15, 0.2) is 0 Å². The third-order valence-electron chi connectivity index (χ3n) is 5.52. The zero-order valence-electron chi connectivity index (χ0n) is 17.4. The Balaban J connectivity index is 1.55. The van der Waals surface area contributed by atoms with E-state index in [2.05, 4.69) is 15.2 Å². The molecule has 0 aliphatic carbocycles. The summed E-state index contributed by atoms with van der Waals surface area (Å²) in [4.78, 5) is 31.9. The molecule has 32 heavy (non-hydrogen) atoms. The average molecular weight is 439 g/mol. The number of likely N-dealkylation sites (tertiary alicyclic amines) is 1. The van der Waals surface area contributed by atoms with Crippen LogP contribution < -0.4 is 4.74 Å². The van der Waals surface area contributed by atoms with Gasteiger partial charge in [-0.3, -0.25) is 4.79 Å². The van der Waals surface area contributed by atoms with Crippen molar-refractivity contribution in [2.45, 2.75) is 25.8 Å². The molecule has 9 nitrogen and oxygen atoms in total. The van der Waals surface area contributed by atoms with Crippen LogP contribution in [0.1, 0.15) is 40.5 Å². The first-order chi connectivity index (χ1) is 15.4. The van der Waals surface area contributed by atoms with Gasteiger partial charge in [0.05, 0.1) is 42.0 Å². The number of aromatic carboxylic acids is 1. The van der Waals surface area contributed by atoms with Crippen molar-refractivity contribution < 1.29 is 23.8 Å². The Morgan fingerprint density at radius 2 is 1.97 bits per heavy atom. The summed E-state index contributed by atoms with van der Waals surface area (Å²) in [6.07, 6.45) is 5.69. The molecule has 0 spiro atoms. The summed E-state index contributed by atoms with van der Waals surface area (Å²) < 4.78 is 18.7. The molecule has 10 heteroatoms. The highest BCUT2D eigenvalue weighted by Crippen LogP contribution is 2.27. The molecule has 0 radical (unpaired) electrons. The van der Waals surface area contributed by atoms with Gasteiger partial charge < -0.3 is 14.7 Å². The minimum Gasteiger partial charge on any atom is -0.478 e. The predicted octanol–water partition coefficient (Wildman–Crippen LogP) is 2.82. The Hall–Kier alpha value is -3.82. The van der Waals surface area contributed by atoms with E-state index < -0.39 is 11.8 Å². The van der Waals surface area contributed by atoms with Crippen molar-refractivity contribution in [1.82, 2.24) is 24.9 Å². The number of amides is 1. The van der Waals surface area contributed by atoms with Crippen LogP contribution in [0.5, 0.6) is 5.88 Å². The lowest BCUT2D eigenvalue weighted by atomic mass is 9.93. The first-order valence-electron chi connectivity index (χ1n) is 10.2. The fourth-order valence-corrected chi connectivity index (χ4v) is 3.76. The predicted molar refractivity (Wildman–Crippen MR) is 111 cm³/mol. The molecule has 1 aliphatic rings. The van der Waals surface area contributed by atoms with Crippen molar-refractivity contribution in [3.63, 3.8) is 0 Å². The number of pyridine rings is 1. The number of nitrogens with zero attached hydrogens (tertiary/aromatic N) is 5. The number of hydrogen-bond donors (Lipinski definition) is 1. The molecule has 3 aromatic rings. The lowest BCUT2D eigenvalue weighted by Crippen LogP contribution is -2.47. The molecule has 1 aliphatic heterocycles. The normalized spacial score (nSPS) is 18.4. The third kappa shape index (κ3) is 4.58. The number of carboxylic acid groups (broad SMARTS) is 1. The SMILES string of the molecule is C[C@@H]1CCC(COc2ccc(F)cn2)CN1C(=O)c1cc(C(=O)O)ccc1-n1nccn1. The molecule has 1 amide bonds. The largest absolute Gasteiger partial charge is 0.478 e. The topological polar surface area (TPSA) is 110 Å². The maximum Gasteiger partial charge on any atom is 0.335 e. The number of hydrogen-bond acceptors (Lipinski definition) is 6. The first-order valence-corrected chi connectivity index (χ1v) is 10.2. The van der Waals surface area contributed by atoms with Gasteiger partial charge in [0.1, 0.15) is 5.82 Å². The molecule has 0 bridgehead atoms. The molecule has 1 saturated heterocycles. The van der Waals surface area contributed by atoms with Crippen molar-refractivity contribution in [2.24, 2.45) is 5.92 Å². The van der Waals surface area contributed by atoms with Gasteiger partial charge in [-0.05, 0) is 44.0 Å². The molecule has 1 fully saturated rings. The number of carbonyl (C=O) groups excluding carboxylic acids is 1. The van der Waals surface area contributed by atoms with Gasteiger partial charge >= 0.3 is 5.97 Å². The van der Waals surface area contributed by atoms with Gasteiger partial charge in [-0.15, -0.1) is 0 Å². The minimum absolute atomic E-state index is 0.0104. The first kappa shape index (κ1) is 21.4. The van der Waals surface area contributed by atoms with Crippen LogP contribution in [0.25, 0.3) is 5.69 Å². The second kappa shape index (κ2) is 9.13. The van der Waals surface area contributed by atoms with E-state index in [0.29, 0.717) is 24.7 Å². The molecule has 2 aromatic heterocycles. The molecular weight excluding hydrogens is 417 g/mol. The highest BCUT2D eigenvalue weighted by Gasteiger charge is 2.32. The van der Waals surface area contributed by atoms with Crippen LogP contribution in [0.2, 0.25) is 0 Å². The standard InChI is InChI=1S/C22H22FN5O4/c1-14-2-3-15(13-32-20-7-5-17(23)11-24-20)12-27(14)21(29)18-10-16(22(30)31)4-6-19(18)28-25-8-9-26-28/h4-11,14-15H,2-3,12-13H2,1H3,(H,30,31)/t14-,15?/m1/s1. The van der Waals surface area contributed by atoms with E-state index in [1.54, 1.807) is 4.90 Å². The van der Waals surface area contributed by atoms with Crippen molar-refractivity contribution in [3.8, 4) is 11.6 Å². The van der Waals surface area contributed by atoms with Crippen LogP contribution in [0.4, 0.5) is 4.39 Å². The molecule has 1 N–H and O–H groups in total. The van der Waals surface area contributed by atoms with Crippen LogP contribution in [-0.2, 0) is 0 Å². The van der Waals surface area contributed by atoms with Gasteiger partial charge in [0, 0.05) is 24.6 Å². The summed E-state index contributed by atoms with van der Waals surface area (Å²) in [5, 5.41) is 17.6. The van der Waals surface area contributed by atoms with E-state index in [1.807, 2.05) is 6.92 Å². The van der Waals surface area contributed by atoms with Gasteiger partial charge in [-0.1, -0.05) is 0 Å². The Kier molecular flexibility index (Phi) is 6.11. The number of ether oxygens (including phenoxy) is 1. The van der Waals surface area contributed by atoms with Gasteiger partial charge in [0.2, 0.25) is 5.88 Å². The van der Waals surface area contributed by atoms with Crippen molar-refractivity contribution >= 4 is 11.9 Å². The van der Waals surface area contributed by atoms with E-state index in [1.165, 1.54) is 47.5 Å². The molecule has 4 rings (SSSR count). The monoisotopic (exact) mass is 439 g/mol. The Morgan fingerprint density at radius 3 is 2.66 bits per heavy atom. The van der Waals surface area contributed by atoms with Gasteiger partial charge in [0.25, 0.3) is 5.91 Å². The number of piperidine rings is 1. The molecule has 2 atom stereocenters. The summed E-state index contributed by atoms with van der Waals surface area (Å²) in [5.41, 5.74) is 0.636. The summed E-state index contributed by atoms with van der Waals surface area (Å²) in [6, 6.07) is 7.02. The maximum atomic E-state index is 13.5. The Labute approximate surface area is 183 Å². The van der Waals surface area contributed by atoms with E-state index in [4.69, 9.17) is 4.74 Å². The van der Waals surface area contributed by atoms with Gasteiger partial charge in [-0.25, -0.2) is 14.2 Å². The summed E-state index contributed by atoms with van der Waals surface area (Å²) in [7, 11) is 0. The van der Waals surface area contributed by atoms with E-state index >= 15 is 0 Å². The highest BCUT2D eigenvalue weighted by molar-refractivity contribution is 6.00. The molecule has 3 heterocycles. The number of benzene rings is 1. The lowest BCUT2D eigenvalue weighted by Gasteiger charge is -2.38. The number of rotatable bonds is 6. The van der Waals surface area contributed by atoms with E-state index in [-0.39, 0.29) is 29.0 Å². The zero-order valence-corrected chi connectivity index (χ0v) is 17.4. The van der Waals surface area contributed by atoms with Crippen molar-refractivity contribution in [1.29, 1.82) is 0 Å². The van der Waals surface area contributed by atoms with E-state index in [0.717, 1.165) is 19.0 Å². The van der Waals surface area contributed by atoms with E-state index in [9.17, 15) is 19.1 Å². The molecular formula is C22H22FN5O4. The molecule has 1 unspecified atom stereocenters. The third-order valence-corrected chi connectivity index (χ3v) is 5.52. The molecule has 1 aromatic carbocycles. The molecule has 0 saturated carbocycles. The average Bonchev–Trinajstić information content (AvgIpc) is 3.33. The Bertz CT molecular complexity index is 1100. The van der Waals surface area contributed by atoms with Crippen LogP contribution in [-0.4, -0.2) is 61.1 Å². The minimum atomic E-state index is -1.12. The highest BCUT2D eigenvalue weighted by atomic mass is 19.1.